The van der Waals surface area contributed by atoms with Crippen molar-refractivity contribution in [1.29, 1.82) is 0 Å². The van der Waals surface area contributed by atoms with Crippen molar-refractivity contribution in [2.75, 3.05) is 0 Å². The number of aromatic nitrogens is 2. The lowest BCUT2D eigenvalue weighted by molar-refractivity contribution is 0.417. The van der Waals surface area contributed by atoms with Gasteiger partial charge in [-0.1, -0.05) is 35.5 Å². The minimum Gasteiger partial charge on any atom is -0.508 e. The molecule has 2 aromatic carbocycles. The second-order valence-electron chi connectivity index (χ2n) is 5.42. The second-order valence-corrected chi connectivity index (χ2v) is 5.42. The Labute approximate surface area is 122 Å². The van der Waals surface area contributed by atoms with Gasteiger partial charge in [-0.3, -0.25) is 0 Å². The van der Waals surface area contributed by atoms with Crippen LogP contribution >= 0.6 is 0 Å². The fraction of sp³-hybridized carbons (Fsp3) is 0.176. The molecule has 0 atom stereocenters. The van der Waals surface area contributed by atoms with Gasteiger partial charge >= 0.3 is 0 Å². The van der Waals surface area contributed by atoms with Crippen LogP contribution in [0.5, 0.6) is 5.75 Å². The highest BCUT2D eigenvalue weighted by atomic mass is 16.5. The fourth-order valence-electron chi connectivity index (χ4n) is 2.66. The van der Waals surface area contributed by atoms with Crippen LogP contribution in [0.25, 0.3) is 11.5 Å². The molecule has 0 radical (unpaired) electrons. The van der Waals surface area contributed by atoms with Crippen LogP contribution in [0.2, 0.25) is 0 Å². The average Bonchev–Trinajstić information content (AvgIpc) is 3.20. The van der Waals surface area contributed by atoms with Gasteiger partial charge < -0.3 is 9.63 Å². The Morgan fingerprint density at radius 2 is 1.67 bits per heavy atom. The first-order valence-electron chi connectivity index (χ1n) is 6.97. The van der Waals surface area contributed by atoms with Crippen LogP contribution in [-0.4, -0.2) is 15.2 Å². The van der Waals surface area contributed by atoms with Gasteiger partial charge in [-0.15, -0.1) is 0 Å². The summed E-state index contributed by atoms with van der Waals surface area (Å²) in [4.78, 5) is 4.56. The molecule has 0 aliphatic heterocycles. The minimum atomic E-state index is -0.0834. The molecule has 0 saturated heterocycles. The van der Waals surface area contributed by atoms with E-state index in [4.69, 9.17) is 4.52 Å². The Hall–Kier alpha value is -2.62. The van der Waals surface area contributed by atoms with E-state index in [1.165, 1.54) is 5.56 Å². The van der Waals surface area contributed by atoms with E-state index in [1.807, 2.05) is 18.2 Å². The van der Waals surface area contributed by atoms with E-state index in [9.17, 15) is 5.11 Å². The normalized spacial score (nSPS) is 15.8. The molecule has 21 heavy (non-hydrogen) atoms. The number of hydrogen-bond acceptors (Lipinski definition) is 4. The first-order chi connectivity index (χ1) is 10.3. The number of phenolic OH excluding ortho intramolecular Hbond substituents is 1. The molecule has 104 valence electrons. The van der Waals surface area contributed by atoms with Crippen LogP contribution in [0, 0.1) is 0 Å². The maximum absolute atomic E-state index is 9.33. The predicted octanol–water partition coefficient (Wildman–Crippen LogP) is 3.52. The van der Waals surface area contributed by atoms with Gasteiger partial charge in [0.25, 0.3) is 5.89 Å². The molecule has 1 heterocycles. The Morgan fingerprint density at radius 1 is 0.952 bits per heavy atom. The summed E-state index contributed by atoms with van der Waals surface area (Å²) in [6.07, 6.45) is 2.09. The fourth-order valence-corrected chi connectivity index (χ4v) is 2.66. The maximum atomic E-state index is 9.33. The second kappa shape index (κ2) is 4.45. The Balaban J connectivity index is 1.70. The number of phenols is 1. The minimum absolute atomic E-state index is 0.0834. The topological polar surface area (TPSA) is 59.2 Å². The quantitative estimate of drug-likeness (QED) is 0.796. The average molecular weight is 278 g/mol. The zero-order chi connectivity index (χ0) is 14.3. The van der Waals surface area contributed by atoms with Gasteiger partial charge in [0.05, 0.1) is 5.41 Å². The number of hydrogen-bond donors (Lipinski definition) is 1. The lowest BCUT2D eigenvalue weighted by atomic mass is 9.95. The molecule has 0 bridgehead atoms. The summed E-state index contributed by atoms with van der Waals surface area (Å²) in [5.41, 5.74) is 1.97. The molecular formula is C17H14N2O2. The number of nitrogens with zero attached hydrogens (tertiary/aromatic N) is 2. The van der Waals surface area contributed by atoms with Crippen molar-refractivity contribution < 1.29 is 9.63 Å². The van der Waals surface area contributed by atoms with Crippen LogP contribution in [0.1, 0.15) is 24.2 Å². The van der Waals surface area contributed by atoms with E-state index >= 15 is 0 Å². The third-order valence-corrected chi connectivity index (χ3v) is 4.04. The van der Waals surface area contributed by atoms with Gasteiger partial charge in [-0.05, 0) is 42.7 Å². The van der Waals surface area contributed by atoms with Crippen LogP contribution in [0.4, 0.5) is 0 Å². The molecule has 1 saturated carbocycles. The summed E-state index contributed by atoms with van der Waals surface area (Å²) in [5, 5.41) is 13.5. The smallest absolute Gasteiger partial charge is 0.257 e. The summed E-state index contributed by atoms with van der Waals surface area (Å²) >= 11 is 0. The van der Waals surface area contributed by atoms with E-state index in [1.54, 1.807) is 24.3 Å². The van der Waals surface area contributed by atoms with E-state index in [-0.39, 0.29) is 11.2 Å². The van der Waals surface area contributed by atoms with Crippen molar-refractivity contribution in [3.8, 4) is 17.2 Å². The summed E-state index contributed by atoms with van der Waals surface area (Å²) in [5.74, 6) is 1.46. The number of aromatic hydroxyl groups is 1. The maximum Gasteiger partial charge on any atom is 0.257 e. The van der Waals surface area contributed by atoms with Crippen LogP contribution in [0.3, 0.4) is 0 Å². The molecule has 4 nitrogen and oxygen atoms in total. The zero-order valence-corrected chi connectivity index (χ0v) is 11.4. The highest BCUT2D eigenvalue weighted by Gasteiger charge is 2.49. The van der Waals surface area contributed by atoms with Gasteiger partial charge in [0, 0.05) is 5.56 Å². The van der Waals surface area contributed by atoms with Gasteiger partial charge in [0.1, 0.15) is 5.75 Å². The van der Waals surface area contributed by atoms with Crippen molar-refractivity contribution >= 4 is 0 Å². The molecule has 1 N–H and O–H groups in total. The SMILES string of the molecule is Oc1ccc(-c2nc(C3(c4ccccc4)CC3)no2)cc1. The van der Waals surface area contributed by atoms with Gasteiger partial charge in [0.2, 0.25) is 0 Å². The van der Waals surface area contributed by atoms with Gasteiger partial charge in [-0.2, -0.15) is 4.98 Å². The molecule has 0 unspecified atom stereocenters. The van der Waals surface area contributed by atoms with Gasteiger partial charge in [0.15, 0.2) is 5.82 Å². The molecule has 4 rings (SSSR count). The third kappa shape index (κ3) is 2.00. The highest BCUT2D eigenvalue weighted by molar-refractivity contribution is 5.54. The molecular weight excluding hydrogens is 264 g/mol. The predicted molar refractivity (Wildman–Crippen MR) is 77.9 cm³/mol. The molecule has 4 heteroatoms. The van der Waals surface area contributed by atoms with Crippen LogP contribution in [-0.2, 0) is 5.41 Å². The summed E-state index contributed by atoms with van der Waals surface area (Å²) < 4.78 is 5.40. The van der Waals surface area contributed by atoms with Crippen molar-refractivity contribution in [3.05, 3.63) is 66.0 Å². The lowest BCUT2D eigenvalue weighted by Gasteiger charge is -2.09. The first kappa shape index (κ1) is 12.1. The molecule has 1 aliphatic carbocycles. The van der Waals surface area contributed by atoms with Crippen LogP contribution < -0.4 is 0 Å². The van der Waals surface area contributed by atoms with Crippen molar-refractivity contribution in [3.63, 3.8) is 0 Å². The Kier molecular flexibility index (Phi) is 2.57. The van der Waals surface area contributed by atoms with Crippen molar-refractivity contribution in [2.24, 2.45) is 0 Å². The van der Waals surface area contributed by atoms with Crippen molar-refractivity contribution in [2.45, 2.75) is 18.3 Å². The van der Waals surface area contributed by atoms with Crippen LogP contribution in [0.15, 0.2) is 59.1 Å². The van der Waals surface area contributed by atoms with Gasteiger partial charge in [-0.25, -0.2) is 0 Å². The van der Waals surface area contributed by atoms with E-state index in [0.29, 0.717) is 5.89 Å². The highest BCUT2D eigenvalue weighted by Crippen LogP contribution is 2.52. The standard InChI is InChI=1S/C17H14N2O2/c20-14-8-6-12(7-9-14)15-18-16(19-21-15)17(10-11-17)13-4-2-1-3-5-13/h1-9,20H,10-11H2. The van der Waals surface area contributed by atoms with E-state index in [0.717, 1.165) is 24.2 Å². The number of benzene rings is 2. The number of rotatable bonds is 3. The van der Waals surface area contributed by atoms with E-state index in [2.05, 4.69) is 22.3 Å². The summed E-state index contributed by atoms with van der Waals surface area (Å²) in [6, 6.07) is 17.1. The third-order valence-electron chi connectivity index (χ3n) is 4.04. The summed E-state index contributed by atoms with van der Waals surface area (Å²) in [6.45, 7) is 0. The molecule has 3 aromatic rings. The largest absolute Gasteiger partial charge is 0.508 e. The summed E-state index contributed by atoms with van der Waals surface area (Å²) in [7, 11) is 0. The molecule has 0 amide bonds. The molecule has 1 fully saturated rings. The van der Waals surface area contributed by atoms with Crippen molar-refractivity contribution in [1.82, 2.24) is 10.1 Å². The zero-order valence-electron chi connectivity index (χ0n) is 11.4. The Morgan fingerprint density at radius 3 is 2.33 bits per heavy atom. The first-order valence-corrected chi connectivity index (χ1v) is 6.97. The monoisotopic (exact) mass is 278 g/mol. The molecule has 1 aliphatic rings. The Bertz CT molecular complexity index is 759. The molecule has 0 spiro atoms. The lowest BCUT2D eigenvalue weighted by Crippen LogP contribution is -2.10. The molecule has 1 aromatic heterocycles. The van der Waals surface area contributed by atoms with E-state index < -0.39 is 0 Å².